The Hall–Kier alpha value is -1.10. The van der Waals surface area contributed by atoms with E-state index in [9.17, 15) is 9.59 Å². The van der Waals surface area contributed by atoms with Crippen molar-refractivity contribution in [3.8, 4) is 0 Å². The van der Waals surface area contributed by atoms with E-state index in [1.165, 1.54) is 6.92 Å². The number of hydrogen-bond acceptors (Lipinski definition) is 4. The van der Waals surface area contributed by atoms with Crippen molar-refractivity contribution >= 4 is 11.9 Å². The zero-order valence-corrected chi connectivity index (χ0v) is 9.47. The SMILES string of the molecule is CCCCCOC(=O)CCNNC(C)=O. The predicted molar refractivity (Wildman–Crippen MR) is 56.9 cm³/mol. The molecule has 0 heterocycles. The van der Waals surface area contributed by atoms with Crippen LogP contribution in [0, 0.1) is 0 Å². The number of esters is 1. The molecule has 0 saturated heterocycles. The van der Waals surface area contributed by atoms with Crippen molar-refractivity contribution in [2.24, 2.45) is 0 Å². The Kier molecular flexibility index (Phi) is 8.76. The van der Waals surface area contributed by atoms with E-state index in [2.05, 4.69) is 17.8 Å². The van der Waals surface area contributed by atoms with E-state index < -0.39 is 0 Å². The van der Waals surface area contributed by atoms with Crippen molar-refractivity contribution in [2.45, 2.75) is 39.5 Å². The van der Waals surface area contributed by atoms with Crippen molar-refractivity contribution in [2.75, 3.05) is 13.2 Å². The maximum atomic E-state index is 11.1. The highest BCUT2D eigenvalue weighted by Gasteiger charge is 2.01. The van der Waals surface area contributed by atoms with Gasteiger partial charge in [0.15, 0.2) is 0 Å². The summed E-state index contributed by atoms with van der Waals surface area (Å²) < 4.78 is 4.96. The molecule has 0 spiro atoms. The molecule has 0 aliphatic rings. The first kappa shape index (κ1) is 13.9. The van der Waals surface area contributed by atoms with Crippen LogP contribution in [0.5, 0.6) is 0 Å². The molecule has 88 valence electrons. The first-order chi connectivity index (χ1) is 7.16. The standard InChI is InChI=1S/C10H20N2O3/c1-3-4-5-8-15-10(14)6-7-11-12-9(2)13/h11H,3-8H2,1-2H3,(H,12,13). The Balaban J connectivity index is 3.22. The second kappa shape index (κ2) is 9.45. The monoisotopic (exact) mass is 216 g/mol. The number of ether oxygens (including phenoxy) is 1. The van der Waals surface area contributed by atoms with Crippen molar-refractivity contribution in [3.05, 3.63) is 0 Å². The molecule has 0 saturated carbocycles. The number of hydrogen-bond donors (Lipinski definition) is 2. The van der Waals surface area contributed by atoms with Gasteiger partial charge in [0.2, 0.25) is 5.91 Å². The zero-order chi connectivity index (χ0) is 11.5. The summed E-state index contributed by atoms with van der Waals surface area (Å²) in [6.07, 6.45) is 3.38. The highest BCUT2D eigenvalue weighted by molar-refractivity contribution is 5.72. The summed E-state index contributed by atoms with van der Waals surface area (Å²) in [7, 11) is 0. The maximum Gasteiger partial charge on any atom is 0.307 e. The van der Waals surface area contributed by atoms with Crippen molar-refractivity contribution < 1.29 is 14.3 Å². The molecule has 15 heavy (non-hydrogen) atoms. The number of unbranched alkanes of at least 4 members (excludes halogenated alkanes) is 2. The molecule has 0 fully saturated rings. The largest absolute Gasteiger partial charge is 0.466 e. The number of hydrazine groups is 1. The lowest BCUT2D eigenvalue weighted by Gasteiger charge is -2.05. The third-order valence-corrected chi connectivity index (χ3v) is 1.73. The normalized spacial score (nSPS) is 9.73. The molecule has 0 aromatic rings. The van der Waals surface area contributed by atoms with Crippen LogP contribution < -0.4 is 10.9 Å². The van der Waals surface area contributed by atoms with Gasteiger partial charge in [-0.25, -0.2) is 5.43 Å². The van der Waals surface area contributed by atoms with Gasteiger partial charge in [0.05, 0.1) is 13.0 Å². The van der Waals surface area contributed by atoms with Crippen LogP contribution >= 0.6 is 0 Å². The van der Waals surface area contributed by atoms with Gasteiger partial charge >= 0.3 is 5.97 Å². The van der Waals surface area contributed by atoms with Gasteiger partial charge in [-0.1, -0.05) is 19.8 Å². The van der Waals surface area contributed by atoms with Crippen LogP contribution in [0.15, 0.2) is 0 Å². The van der Waals surface area contributed by atoms with Gasteiger partial charge in [-0.2, -0.15) is 0 Å². The first-order valence-electron chi connectivity index (χ1n) is 5.32. The minimum absolute atomic E-state index is 0.175. The maximum absolute atomic E-state index is 11.1. The highest BCUT2D eigenvalue weighted by atomic mass is 16.5. The number of nitrogens with one attached hydrogen (secondary N) is 2. The molecule has 5 nitrogen and oxygen atoms in total. The molecule has 0 bridgehead atoms. The molecule has 0 aliphatic carbocycles. The summed E-state index contributed by atoms with van der Waals surface area (Å²) >= 11 is 0. The predicted octanol–water partition coefficient (Wildman–Crippen LogP) is 0.751. The van der Waals surface area contributed by atoms with Gasteiger partial charge in [-0.05, 0) is 6.42 Å². The van der Waals surface area contributed by atoms with Crippen LogP contribution in [0.4, 0.5) is 0 Å². The Bertz CT molecular complexity index is 195. The number of carbonyl (C=O) groups is 2. The van der Waals surface area contributed by atoms with Gasteiger partial charge in [0.25, 0.3) is 0 Å². The molecular weight excluding hydrogens is 196 g/mol. The Morgan fingerprint density at radius 3 is 2.60 bits per heavy atom. The van der Waals surface area contributed by atoms with Gasteiger partial charge in [-0.15, -0.1) is 0 Å². The van der Waals surface area contributed by atoms with Gasteiger partial charge in [0, 0.05) is 13.5 Å². The van der Waals surface area contributed by atoms with E-state index in [1.54, 1.807) is 0 Å². The molecule has 2 N–H and O–H groups in total. The van der Waals surface area contributed by atoms with Crippen LogP contribution in [0.2, 0.25) is 0 Å². The molecular formula is C10H20N2O3. The van der Waals surface area contributed by atoms with E-state index in [4.69, 9.17) is 4.74 Å². The fourth-order valence-corrected chi connectivity index (χ4v) is 0.962. The molecule has 0 aliphatic heterocycles. The van der Waals surface area contributed by atoms with Crippen LogP contribution in [0.25, 0.3) is 0 Å². The van der Waals surface area contributed by atoms with E-state index in [-0.39, 0.29) is 18.3 Å². The summed E-state index contributed by atoms with van der Waals surface area (Å²) in [4.78, 5) is 21.5. The minimum Gasteiger partial charge on any atom is -0.466 e. The number of carbonyl (C=O) groups excluding carboxylic acids is 2. The van der Waals surface area contributed by atoms with E-state index in [1.807, 2.05) is 0 Å². The molecule has 0 aromatic carbocycles. The van der Waals surface area contributed by atoms with Crippen molar-refractivity contribution in [1.82, 2.24) is 10.9 Å². The fraction of sp³-hybridized carbons (Fsp3) is 0.800. The average Bonchev–Trinajstić information content (AvgIpc) is 2.19. The fourth-order valence-electron chi connectivity index (χ4n) is 0.962. The number of amides is 1. The van der Waals surface area contributed by atoms with E-state index in [0.717, 1.165) is 19.3 Å². The van der Waals surface area contributed by atoms with Crippen LogP contribution in [-0.4, -0.2) is 25.0 Å². The zero-order valence-electron chi connectivity index (χ0n) is 9.47. The van der Waals surface area contributed by atoms with Crippen molar-refractivity contribution in [1.29, 1.82) is 0 Å². The van der Waals surface area contributed by atoms with Crippen molar-refractivity contribution in [3.63, 3.8) is 0 Å². The third-order valence-electron chi connectivity index (χ3n) is 1.73. The molecule has 0 aromatic heterocycles. The van der Waals surface area contributed by atoms with Crippen LogP contribution in [-0.2, 0) is 14.3 Å². The second-order valence-electron chi connectivity index (χ2n) is 3.29. The summed E-state index contributed by atoms with van der Waals surface area (Å²) in [6, 6.07) is 0. The average molecular weight is 216 g/mol. The molecule has 0 radical (unpaired) electrons. The lowest BCUT2D eigenvalue weighted by atomic mass is 10.3. The van der Waals surface area contributed by atoms with Gasteiger partial charge < -0.3 is 4.74 Å². The number of rotatable bonds is 8. The van der Waals surface area contributed by atoms with Crippen LogP contribution in [0.3, 0.4) is 0 Å². The summed E-state index contributed by atoms with van der Waals surface area (Å²) in [6.45, 7) is 4.38. The van der Waals surface area contributed by atoms with E-state index in [0.29, 0.717) is 13.2 Å². The topological polar surface area (TPSA) is 67.4 Å². The third kappa shape index (κ3) is 10.8. The molecule has 0 rings (SSSR count). The van der Waals surface area contributed by atoms with E-state index >= 15 is 0 Å². The van der Waals surface area contributed by atoms with Gasteiger partial charge in [0.1, 0.15) is 0 Å². The molecule has 0 atom stereocenters. The van der Waals surface area contributed by atoms with Crippen LogP contribution in [0.1, 0.15) is 39.5 Å². The molecule has 1 amide bonds. The molecule has 5 heteroatoms. The van der Waals surface area contributed by atoms with Gasteiger partial charge in [-0.3, -0.25) is 15.0 Å². The summed E-state index contributed by atoms with van der Waals surface area (Å²) in [5.41, 5.74) is 5.00. The lowest BCUT2D eigenvalue weighted by molar-refractivity contribution is -0.143. The first-order valence-corrected chi connectivity index (χ1v) is 5.32. The Morgan fingerprint density at radius 1 is 1.27 bits per heavy atom. The quantitative estimate of drug-likeness (QED) is 0.357. The minimum atomic E-state index is -0.232. The second-order valence-corrected chi connectivity index (χ2v) is 3.29. The Morgan fingerprint density at radius 2 is 2.00 bits per heavy atom. The summed E-state index contributed by atoms with van der Waals surface area (Å²) in [5, 5.41) is 0. The highest BCUT2D eigenvalue weighted by Crippen LogP contribution is 1.95. The summed E-state index contributed by atoms with van der Waals surface area (Å²) in [5.74, 6) is -0.407. The smallest absolute Gasteiger partial charge is 0.307 e. The lowest BCUT2D eigenvalue weighted by Crippen LogP contribution is -2.37. The Labute approximate surface area is 90.5 Å². The molecule has 0 unspecified atom stereocenters.